The second-order valence-electron chi connectivity index (χ2n) is 6.78. The molecule has 0 spiro atoms. The molecular weight excluding hydrogens is 400 g/mol. The van der Waals surface area contributed by atoms with E-state index in [0.29, 0.717) is 37.1 Å². The van der Waals surface area contributed by atoms with Crippen molar-refractivity contribution in [1.82, 2.24) is 25.4 Å². The number of ether oxygens (including phenoxy) is 2. The number of aryl methyl sites for hydroxylation is 1. The summed E-state index contributed by atoms with van der Waals surface area (Å²) in [6.45, 7) is 5.63. The van der Waals surface area contributed by atoms with Gasteiger partial charge in [-0.05, 0) is 37.4 Å². The summed E-state index contributed by atoms with van der Waals surface area (Å²) in [4.78, 5) is 5.91. The van der Waals surface area contributed by atoms with Crippen LogP contribution in [0.25, 0.3) is 0 Å². The molecule has 3 aromatic rings. The lowest BCUT2D eigenvalue weighted by molar-refractivity contribution is 0.213. The van der Waals surface area contributed by atoms with E-state index in [4.69, 9.17) is 9.47 Å². The van der Waals surface area contributed by atoms with Crippen LogP contribution in [0, 0.1) is 6.92 Å². The van der Waals surface area contributed by atoms with Crippen LogP contribution in [0.5, 0.6) is 11.5 Å². The number of nitrogens with one attached hydrogen (secondary N) is 2. The fraction of sp³-hybridized carbons (Fsp3) is 0.381. The Morgan fingerprint density at radius 3 is 2.63 bits per heavy atom. The van der Waals surface area contributed by atoms with Gasteiger partial charge >= 0.3 is 0 Å². The zero-order chi connectivity index (χ0) is 21.3. The van der Waals surface area contributed by atoms with Crippen LogP contribution < -0.4 is 20.1 Å². The molecule has 8 nitrogen and oxygen atoms in total. The molecule has 1 aromatic carbocycles. The predicted molar refractivity (Wildman–Crippen MR) is 119 cm³/mol. The maximum absolute atomic E-state index is 6.03. The fourth-order valence-corrected chi connectivity index (χ4v) is 3.36. The van der Waals surface area contributed by atoms with Crippen molar-refractivity contribution in [2.45, 2.75) is 33.0 Å². The molecule has 2 N–H and O–H groups in total. The van der Waals surface area contributed by atoms with E-state index in [1.807, 2.05) is 55.8 Å². The quantitative estimate of drug-likeness (QED) is 0.403. The molecule has 0 aliphatic rings. The van der Waals surface area contributed by atoms with Gasteiger partial charge in [0.2, 0.25) is 0 Å². The number of benzene rings is 1. The van der Waals surface area contributed by atoms with Crippen LogP contribution in [0.2, 0.25) is 0 Å². The summed E-state index contributed by atoms with van der Waals surface area (Å²) in [7, 11) is 3.58. The number of thiophene rings is 1. The Bertz CT molecular complexity index is 954. The Labute approximate surface area is 181 Å². The molecule has 2 aromatic heterocycles. The van der Waals surface area contributed by atoms with Crippen molar-refractivity contribution in [2.75, 3.05) is 13.7 Å². The molecule has 0 aliphatic heterocycles. The summed E-state index contributed by atoms with van der Waals surface area (Å²) in [5, 5.41) is 17.1. The maximum Gasteiger partial charge on any atom is 0.192 e. The zero-order valence-electron chi connectivity index (χ0n) is 17.8. The lowest BCUT2D eigenvalue weighted by Crippen LogP contribution is -2.41. The Morgan fingerprint density at radius 1 is 1.17 bits per heavy atom. The monoisotopic (exact) mass is 428 g/mol. The third-order valence-corrected chi connectivity index (χ3v) is 5.40. The molecule has 1 atom stereocenters. The molecule has 0 amide bonds. The predicted octanol–water partition coefficient (Wildman–Crippen LogP) is 2.90. The molecule has 160 valence electrons. The summed E-state index contributed by atoms with van der Waals surface area (Å²) < 4.78 is 13.3. The molecule has 1 unspecified atom stereocenters. The van der Waals surface area contributed by atoms with Gasteiger partial charge in [-0.1, -0.05) is 18.2 Å². The SMILES string of the molecule is COc1ccccc1OC(C)CNC(=NCc1nnc(C)n1C)NCc1cccs1. The molecular formula is C21H28N6O2S. The number of aliphatic imine (C=N–C) groups is 1. The van der Waals surface area contributed by atoms with Gasteiger partial charge < -0.3 is 24.7 Å². The average molecular weight is 429 g/mol. The molecule has 0 bridgehead atoms. The third kappa shape index (κ3) is 5.96. The summed E-state index contributed by atoms with van der Waals surface area (Å²) in [6.07, 6.45) is -0.0906. The van der Waals surface area contributed by atoms with Gasteiger partial charge in [-0.25, -0.2) is 4.99 Å². The van der Waals surface area contributed by atoms with E-state index in [1.165, 1.54) is 4.88 Å². The van der Waals surface area contributed by atoms with Gasteiger partial charge in [0, 0.05) is 11.9 Å². The van der Waals surface area contributed by atoms with Crippen molar-refractivity contribution in [3.05, 3.63) is 58.3 Å². The number of guanidine groups is 1. The Morgan fingerprint density at radius 2 is 1.97 bits per heavy atom. The van der Waals surface area contributed by atoms with E-state index in [1.54, 1.807) is 18.4 Å². The summed E-state index contributed by atoms with van der Waals surface area (Å²) in [5.41, 5.74) is 0. The van der Waals surface area contributed by atoms with Gasteiger partial charge in [0.1, 0.15) is 18.5 Å². The molecule has 3 rings (SSSR count). The molecule has 9 heteroatoms. The Hall–Kier alpha value is -3.07. The highest BCUT2D eigenvalue weighted by atomic mass is 32.1. The van der Waals surface area contributed by atoms with Gasteiger partial charge in [-0.3, -0.25) is 0 Å². The number of hydrogen-bond donors (Lipinski definition) is 2. The normalized spacial score (nSPS) is 12.5. The molecule has 0 radical (unpaired) electrons. The van der Waals surface area contributed by atoms with Crippen LogP contribution in [-0.4, -0.2) is 40.5 Å². The van der Waals surface area contributed by atoms with E-state index in [0.717, 1.165) is 11.6 Å². The highest BCUT2D eigenvalue weighted by Crippen LogP contribution is 2.26. The first-order valence-electron chi connectivity index (χ1n) is 9.76. The lowest BCUT2D eigenvalue weighted by Gasteiger charge is -2.19. The van der Waals surface area contributed by atoms with E-state index in [2.05, 4.69) is 37.3 Å². The van der Waals surface area contributed by atoms with Crippen molar-refractivity contribution in [3.63, 3.8) is 0 Å². The van der Waals surface area contributed by atoms with Crippen LogP contribution in [-0.2, 0) is 20.1 Å². The van der Waals surface area contributed by atoms with E-state index in [9.17, 15) is 0 Å². The molecule has 2 heterocycles. The van der Waals surface area contributed by atoms with Crippen LogP contribution >= 0.6 is 11.3 Å². The summed E-state index contributed by atoms with van der Waals surface area (Å²) in [5.74, 6) is 3.79. The number of rotatable bonds is 9. The Balaban J connectivity index is 1.62. The number of nitrogens with zero attached hydrogens (tertiary/aromatic N) is 4. The van der Waals surface area contributed by atoms with Crippen LogP contribution in [0.3, 0.4) is 0 Å². The second kappa shape index (κ2) is 10.6. The third-order valence-electron chi connectivity index (χ3n) is 4.53. The molecule has 0 saturated heterocycles. The van der Waals surface area contributed by atoms with Crippen molar-refractivity contribution in [3.8, 4) is 11.5 Å². The number of para-hydroxylation sites is 2. The summed E-state index contributed by atoms with van der Waals surface area (Å²) >= 11 is 1.71. The fourth-order valence-electron chi connectivity index (χ4n) is 2.71. The zero-order valence-corrected chi connectivity index (χ0v) is 18.6. The number of hydrogen-bond acceptors (Lipinski definition) is 6. The van der Waals surface area contributed by atoms with Crippen molar-refractivity contribution >= 4 is 17.3 Å². The molecule has 0 saturated carbocycles. The lowest BCUT2D eigenvalue weighted by atomic mass is 10.3. The van der Waals surface area contributed by atoms with Gasteiger partial charge in [0.05, 0.1) is 20.2 Å². The first kappa shape index (κ1) is 21.6. The average Bonchev–Trinajstić information content (AvgIpc) is 3.38. The van der Waals surface area contributed by atoms with Crippen molar-refractivity contribution in [2.24, 2.45) is 12.0 Å². The second-order valence-corrected chi connectivity index (χ2v) is 7.81. The van der Waals surface area contributed by atoms with Gasteiger partial charge in [0.15, 0.2) is 23.3 Å². The minimum absolute atomic E-state index is 0.0906. The highest BCUT2D eigenvalue weighted by Gasteiger charge is 2.10. The van der Waals surface area contributed by atoms with Gasteiger partial charge in [0.25, 0.3) is 0 Å². The molecule has 0 aliphatic carbocycles. The summed E-state index contributed by atoms with van der Waals surface area (Å²) in [6, 6.07) is 11.8. The van der Waals surface area contributed by atoms with Crippen LogP contribution in [0.1, 0.15) is 23.4 Å². The molecule has 30 heavy (non-hydrogen) atoms. The standard InChI is InChI=1S/C21H28N6O2S/c1-15(29-19-10-6-5-9-18(19)28-4)12-22-21(23-13-17-8-7-11-30-17)24-14-20-26-25-16(2)27(20)3/h5-11,15H,12-14H2,1-4H3,(H2,22,23,24). The van der Waals surface area contributed by atoms with Gasteiger partial charge in [-0.15, -0.1) is 21.5 Å². The van der Waals surface area contributed by atoms with E-state index >= 15 is 0 Å². The first-order valence-corrected chi connectivity index (χ1v) is 10.6. The highest BCUT2D eigenvalue weighted by molar-refractivity contribution is 7.09. The minimum Gasteiger partial charge on any atom is -0.493 e. The van der Waals surface area contributed by atoms with Crippen LogP contribution in [0.15, 0.2) is 46.8 Å². The topological polar surface area (TPSA) is 85.6 Å². The number of methoxy groups -OCH3 is 1. The minimum atomic E-state index is -0.0906. The van der Waals surface area contributed by atoms with Crippen LogP contribution in [0.4, 0.5) is 0 Å². The van der Waals surface area contributed by atoms with Crippen molar-refractivity contribution < 1.29 is 9.47 Å². The maximum atomic E-state index is 6.03. The Kier molecular flexibility index (Phi) is 7.67. The van der Waals surface area contributed by atoms with E-state index in [-0.39, 0.29) is 6.10 Å². The first-order chi connectivity index (χ1) is 14.6. The number of aromatic nitrogens is 3. The largest absolute Gasteiger partial charge is 0.493 e. The van der Waals surface area contributed by atoms with Crippen molar-refractivity contribution in [1.29, 1.82) is 0 Å². The smallest absolute Gasteiger partial charge is 0.192 e. The van der Waals surface area contributed by atoms with E-state index < -0.39 is 0 Å². The molecule has 0 fully saturated rings. The van der Waals surface area contributed by atoms with Gasteiger partial charge in [-0.2, -0.15) is 0 Å².